The highest BCUT2D eigenvalue weighted by Crippen LogP contribution is 2.24. The third-order valence-electron chi connectivity index (χ3n) is 4.94. The van der Waals surface area contributed by atoms with Gasteiger partial charge in [-0.15, -0.1) is 0 Å². The van der Waals surface area contributed by atoms with E-state index in [9.17, 15) is 22.1 Å². The SMILES string of the molecule is CCOC(=O)c1ccc([NH+]=c2cc(-c3ccccc3)oc3cc(C)cc(C)c23)cc1.F[B-](F)(F)F. The van der Waals surface area contributed by atoms with Crippen LogP contribution >= 0.6 is 0 Å². The van der Waals surface area contributed by atoms with Crippen molar-refractivity contribution >= 4 is 29.9 Å². The first-order valence-corrected chi connectivity index (χ1v) is 10.9. The molecule has 4 rings (SSSR count). The molecule has 0 bridgehead atoms. The summed E-state index contributed by atoms with van der Waals surface area (Å²) in [6.07, 6.45) is 0. The van der Waals surface area contributed by atoms with Crippen LogP contribution in [0.3, 0.4) is 0 Å². The second-order valence-corrected chi connectivity index (χ2v) is 7.76. The lowest BCUT2D eigenvalue weighted by Gasteiger charge is -2.06. The topological polar surface area (TPSA) is 53.4 Å². The summed E-state index contributed by atoms with van der Waals surface area (Å²) in [7, 11) is -6.00. The van der Waals surface area contributed by atoms with Gasteiger partial charge < -0.3 is 26.4 Å². The smallest absolute Gasteiger partial charge is 0.462 e. The first kappa shape index (κ1) is 25.7. The normalized spacial score (nSPS) is 11.7. The number of rotatable bonds is 4. The Hall–Kier alpha value is -3.88. The van der Waals surface area contributed by atoms with Gasteiger partial charge >= 0.3 is 13.2 Å². The van der Waals surface area contributed by atoms with Gasteiger partial charge in [0, 0.05) is 17.7 Å². The van der Waals surface area contributed by atoms with Crippen molar-refractivity contribution in [2.45, 2.75) is 20.8 Å². The van der Waals surface area contributed by atoms with Crippen molar-refractivity contribution in [1.82, 2.24) is 0 Å². The molecule has 0 saturated carbocycles. The number of benzene rings is 3. The fourth-order valence-corrected chi connectivity index (χ4v) is 3.61. The molecule has 0 aliphatic carbocycles. The minimum absolute atomic E-state index is 0.314. The van der Waals surface area contributed by atoms with E-state index in [4.69, 9.17) is 9.15 Å². The van der Waals surface area contributed by atoms with E-state index in [0.29, 0.717) is 12.2 Å². The van der Waals surface area contributed by atoms with Crippen molar-refractivity contribution in [3.63, 3.8) is 0 Å². The van der Waals surface area contributed by atoms with Crippen LogP contribution in [0.15, 0.2) is 77.2 Å². The summed E-state index contributed by atoms with van der Waals surface area (Å²) in [5.41, 5.74) is 5.55. The van der Waals surface area contributed by atoms with Gasteiger partial charge in [0.2, 0.25) is 11.0 Å². The number of halogens is 4. The number of carbonyl (C=O) groups is 1. The van der Waals surface area contributed by atoms with Crippen molar-refractivity contribution < 1.29 is 36.2 Å². The van der Waals surface area contributed by atoms with E-state index in [1.165, 1.54) is 0 Å². The second kappa shape index (κ2) is 11.0. The van der Waals surface area contributed by atoms with Crippen LogP contribution in [-0.4, -0.2) is 19.8 Å². The Morgan fingerprint density at radius 1 is 0.943 bits per heavy atom. The van der Waals surface area contributed by atoms with Crippen molar-refractivity contribution in [2.24, 2.45) is 0 Å². The van der Waals surface area contributed by atoms with Gasteiger partial charge in [0.05, 0.1) is 23.6 Å². The lowest BCUT2D eigenvalue weighted by atomic mass is 10.0. The summed E-state index contributed by atoms with van der Waals surface area (Å²) in [4.78, 5) is 15.4. The molecular weight excluding hydrogens is 461 g/mol. The van der Waals surface area contributed by atoms with Gasteiger partial charge in [-0.2, -0.15) is 0 Å². The fraction of sp³-hybridized carbons (Fsp3) is 0.154. The van der Waals surface area contributed by atoms with E-state index < -0.39 is 7.25 Å². The van der Waals surface area contributed by atoms with Crippen LogP contribution in [0.2, 0.25) is 0 Å². The zero-order valence-corrected chi connectivity index (χ0v) is 19.4. The number of carbonyl (C=O) groups excluding carboxylic acids is 1. The fourth-order valence-electron chi connectivity index (χ4n) is 3.61. The van der Waals surface area contributed by atoms with Crippen molar-refractivity contribution in [3.8, 4) is 11.3 Å². The highest BCUT2D eigenvalue weighted by molar-refractivity contribution is 6.50. The average Bonchev–Trinajstić information content (AvgIpc) is 2.78. The molecule has 0 aliphatic rings. The van der Waals surface area contributed by atoms with Gasteiger partial charge in [-0.25, -0.2) is 9.79 Å². The third-order valence-corrected chi connectivity index (χ3v) is 4.94. The van der Waals surface area contributed by atoms with Crippen LogP contribution in [0.5, 0.6) is 0 Å². The molecule has 4 nitrogen and oxygen atoms in total. The Morgan fingerprint density at radius 2 is 1.57 bits per heavy atom. The Bertz CT molecular complexity index is 1380. The zero-order valence-electron chi connectivity index (χ0n) is 19.4. The predicted octanol–water partition coefficient (Wildman–Crippen LogP) is 5.51. The van der Waals surface area contributed by atoms with Crippen molar-refractivity contribution in [3.05, 3.63) is 94.8 Å². The van der Waals surface area contributed by atoms with Crippen molar-refractivity contribution in [1.29, 1.82) is 0 Å². The van der Waals surface area contributed by atoms with E-state index >= 15 is 0 Å². The second-order valence-electron chi connectivity index (χ2n) is 7.76. The summed E-state index contributed by atoms with van der Waals surface area (Å²) in [5.74, 6) is 0.476. The van der Waals surface area contributed by atoms with Gasteiger partial charge in [0.15, 0.2) is 0 Å². The Balaban J connectivity index is 0.000000623. The zero-order chi connectivity index (χ0) is 25.6. The lowest BCUT2D eigenvalue weighted by molar-refractivity contribution is -0.400. The average molecular weight is 485 g/mol. The summed E-state index contributed by atoms with van der Waals surface area (Å²) in [5, 5.41) is 1.99. The molecule has 182 valence electrons. The van der Waals surface area contributed by atoms with Gasteiger partial charge in [0.1, 0.15) is 11.3 Å². The highest BCUT2D eigenvalue weighted by Gasteiger charge is 2.20. The molecule has 4 aromatic rings. The van der Waals surface area contributed by atoms with Gasteiger partial charge in [0.25, 0.3) is 0 Å². The molecule has 9 heteroatoms. The van der Waals surface area contributed by atoms with E-state index in [-0.39, 0.29) is 5.97 Å². The van der Waals surface area contributed by atoms with Gasteiger partial charge in [-0.3, -0.25) is 0 Å². The molecule has 0 saturated heterocycles. The number of aryl methyl sites for hydroxylation is 2. The van der Waals surface area contributed by atoms with Gasteiger partial charge in [-0.1, -0.05) is 36.4 Å². The van der Waals surface area contributed by atoms with Crippen LogP contribution in [0, 0.1) is 13.8 Å². The first-order chi connectivity index (χ1) is 16.5. The molecule has 0 radical (unpaired) electrons. The quantitative estimate of drug-likeness (QED) is 0.236. The Labute approximate surface area is 200 Å². The maximum atomic E-state index is 11.9. The number of esters is 1. The molecule has 1 aromatic heterocycles. The Morgan fingerprint density at radius 3 is 2.17 bits per heavy atom. The summed E-state index contributed by atoms with van der Waals surface area (Å²) >= 11 is 0. The standard InChI is InChI=1S/C26H23NO3.BF4/c1-4-29-26(28)20-10-12-21(13-11-20)27-22-16-23(19-8-6-5-7-9-19)30-24-15-17(2)14-18(3)25(22)24;2-1(3,4)5/h5-16H,4H2,1-3H3;/q;-1/p+1. The van der Waals surface area contributed by atoms with Crippen LogP contribution in [0.25, 0.3) is 22.3 Å². The molecule has 35 heavy (non-hydrogen) atoms. The van der Waals surface area contributed by atoms with E-state index in [0.717, 1.165) is 44.5 Å². The molecule has 0 fully saturated rings. The molecule has 0 unspecified atom stereocenters. The van der Waals surface area contributed by atoms with E-state index in [2.05, 4.69) is 31.0 Å². The van der Waals surface area contributed by atoms with Crippen LogP contribution in [0.4, 0.5) is 23.0 Å². The third kappa shape index (κ3) is 7.30. The molecule has 3 aromatic carbocycles. The molecular formula is C26H24BF4NO3. The van der Waals surface area contributed by atoms with E-state index in [1.807, 2.05) is 48.5 Å². The largest absolute Gasteiger partial charge is 0.673 e. The molecule has 1 heterocycles. The van der Waals surface area contributed by atoms with Crippen LogP contribution in [0.1, 0.15) is 28.4 Å². The number of nitrogens with one attached hydrogen (secondary N) is 1. The maximum Gasteiger partial charge on any atom is 0.673 e. The monoisotopic (exact) mass is 485 g/mol. The minimum Gasteiger partial charge on any atom is -0.462 e. The molecule has 0 atom stereocenters. The number of hydrogen-bond donors (Lipinski definition) is 1. The number of hydrogen-bond acceptors (Lipinski definition) is 3. The Kier molecular flexibility index (Phi) is 8.12. The summed E-state index contributed by atoms with van der Waals surface area (Å²) in [6.45, 7) is 6.31. The number of ether oxygens (including phenoxy) is 1. The molecule has 0 amide bonds. The predicted molar refractivity (Wildman–Crippen MR) is 127 cm³/mol. The molecule has 0 spiro atoms. The van der Waals surface area contributed by atoms with Crippen LogP contribution in [-0.2, 0) is 4.74 Å². The van der Waals surface area contributed by atoms with Crippen molar-refractivity contribution in [2.75, 3.05) is 6.61 Å². The minimum atomic E-state index is -6.00. The molecule has 0 aliphatic heterocycles. The first-order valence-electron chi connectivity index (χ1n) is 10.9. The lowest BCUT2D eigenvalue weighted by Crippen LogP contribution is -2.70. The highest BCUT2D eigenvalue weighted by atomic mass is 19.5. The number of fused-ring (bicyclic) bond motifs is 1. The maximum absolute atomic E-state index is 11.9. The van der Waals surface area contributed by atoms with Crippen LogP contribution < -0.4 is 10.3 Å². The molecule has 1 N–H and O–H groups in total. The summed E-state index contributed by atoms with van der Waals surface area (Å²) < 4.78 is 50.3. The van der Waals surface area contributed by atoms with E-state index in [1.54, 1.807) is 19.1 Å². The summed E-state index contributed by atoms with van der Waals surface area (Å²) in [6, 6.07) is 23.6. The van der Waals surface area contributed by atoms with Gasteiger partial charge in [-0.05, 0) is 50.1 Å².